The highest BCUT2D eigenvalue weighted by Crippen LogP contribution is 2.07. The van der Waals surface area contributed by atoms with E-state index in [1.165, 1.54) is 6.07 Å². The van der Waals surface area contributed by atoms with Crippen molar-refractivity contribution < 1.29 is 8.42 Å². The highest BCUT2D eigenvalue weighted by atomic mass is 32.2. The molecule has 1 aliphatic rings. The van der Waals surface area contributed by atoms with Crippen molar-refractivity contribution in [1.29, 1.82) is 0 Å². The van der Waals surface area contributed by atoms with E-state index in [1.807, 2.05) is 0 Å². The first kappa shape index (κ1) is 12.4. The maximum absolute atomic E-state index is 11.9. The summed E-state index contributed by atoms with van der Waals surface area (Å²) in [5.41, 5.74) is 0.696. The van der Waals surface area contributed by atoms with E-state index in [0.717, 1.165) is 19.4 Å². The van der Waals surface area contributed by atoms with Gasteiger partial charge in [-0.3, -0.25) is 0 Å². The van der Waals surface area contributed by atoms with Crippen molar-refractivity contribution in [2.45, 2.75) is 30.8 Å². The monoisotopic (exact) mass is 256 g/mol. The van der Waals surface area contributed by atoms with Gasteiger partial charge in [0.1, 0.15) is 0 Å². The molecule has 0 bridgehead atoms. The minimum Gasteiger partial charge on any atom is -0.313 e. The number of hydrogen-bond acceptors (Lipinski definition) is 5. The summed E-state index contributed by atoms with van der Waals surface area (Å²) in [7, 11) is -3.53. The second-order valence-electron chi connectivity index (χ2n) is 4.16. The van der Waals surface area contributed by atoms with Gasteiger partial charge in [-0.25, -0.2) is 13.1 Å². The molecule has 0 saturated carbocycles. The fourth-order valence-electron chi connectivity index (χ4n) is 1.75. The largest absolute Gasteiger partial charge is 0.313 e. The van der Waals surface area contributed by atoms with E-state index in [2.05, 4.69) is 20.2 Å². The van der Waals surface area contributed by atoms with E-state index in [4.69, 9.17) is 0 Å². The first-order chi connectivity index (χ1) is 8.08. The molecule has 1 fully saturated rings. The molecule has 1 aromatic heterocycles. The van der Waals surface area contributed by atoms with Gasteiger partial charge in [-0.2, -0.15) is 5.10 Å². The van der Waals surface area contributed by atoms with E-state index < -0.39 is 10.0 Å². The number of aromatic nitrogens is 2. The molecular formula is C10H16N4O2S. The van der Waals surface area contributed by atoms with Crippen molar-refractivity contribution >= 4 is 10.0 Å². The van der Waals surface area contributed by atoms with Crippen LogP contribution in [0.2, 0.25) is 0 Å². The molecule has 7 heteroatoms. The van der Waals surface area contributed by atoms with Crippen LogP contribution < -0.4 is 10.0 Å². The number of nitrogens with zero attached hydrogens (tertiary/aromatic N) is 2. The van der Waals surface area contributed by atoms with E-state index in [-0.39, 0.29) is 11.1 Å². The lowest BCUT2D eigenvalue weighted by molar-refractivity contribution is 0.547. The molecule has 2 heterocycles. The number of sulfonamides is 1. The normalized spacial score (nSPS) is 20.6. The minimum absolute atomic E-state index is 0.0268. The second kappa shape index (κ2) is 5.07. The predicted molar refractivity (Wildman–Crippen MR) is 63.0 cm³/mol. The molecule has 0 aliphatic carbocycles. The Kier molecular flexibility index (Phi) is 3.70. The summed E-state index contributed by atoms with van der Waals surface area (Å²) in [4.78, 5) is 0. The average Bonchev–Trinajstić information content (AvgIpc) is 2.80. The van der Waals surface area contributed by atoms with Gasteiger partial charge >= 0.3 is 0 Å². The van der Waals surface area contributed by atoms with Crippen LogP contribution in [0.15, 0.2) is 17.2 Å². The van der Waals surface area contributed by atoms with Crippen LogP contribution in [0.5, 0.6) is 0 Å². The second-order valence-corrected chi connectivity index (χ2v) is 5.87. The van der Waals surface area contributed by atoms with Crippen molar-refractivity contribution in [3.8, 4) is 0 Å². The maximum atomic E-state index is 11.9. The van der Waals surface area contributed by atoms with Crippen LogP contribution in [0.1, 0.15) is 18.5 Å². The van der Waals surface area contributed by atoms with Crippen LogP contribution >= 0.6 is 0 Å². The number of nitrogens with one attached hydrogen (secondary N) is 2. The van der Waals surface area contributed by atoms with Crippen molar-refractivity contribution in [2.24, 2.45) is 0 Å². The Hall–Kier alpha value is -1.05. The smallest absolute Gasteiger partial charge is 0.259 e. The highest BCUT2D eigenvalue weighted by Gasteiger charge is 2.20. The topological polar surface area (TPSA) is 84.0 Å². The van der Waals surface area contributed by atoms with Gasteiger partial charge in [0.25, 0.3) is 10.0 Å². The van der Waals surface area contributed by atoms with Crippen LogP contribution in [-0.2, 0) is 10.0 Å². The molecule has 17 heavy (non-hydrogen) atoms. The number of hydrogen-bond donors (Lipinski definition) is 2. The Labute approximate surface area is 101 Å². The van der Waals surface area contributed by atoms with Gasteiger partial charge in [-0.1, -0.05) is 0 Å². The Balaban J connectivity index is 2.00. The van der Waals surface area contributed by atoms with Crippen LogP contribution in [0.4, 0.5) is 0 Å². The summed E-state index contributed by atoms with van der Waals surface area (Å²) in [6.45, 7) is 3.12. The van der Waals surface area contributed by atoms with Gasteiger partial charge in [0.05, 0.1) is 5.69 Å². The molecular weight excluding hydrogens is 240 g/mol. The van der Waals surface area contributed by atoms with Gasteiger partial charge in [-0.05, 0) is 38.4 Å². The fraction of sp³-hybridized carbons (Fsp3) is 0.600. The molecule has 1 saturated heterocycles. The Morgan fingerprint density at radius 2 is 2.29 bits per heavy atom. The lowest BCUT2D eigenvalue weighted by Crippen LogP contribution is -2.37. The Morgan fingerprint density at radius 3 is 2.88 bits per heavy atom. The van der Waals surface area contributed by atoms with Gasteiger partial charge in [-0.15, -0.1) is 5.10 Å². The summed E-state index contributed by atoms with van der Waals surface area (Å²) in [6.07, 6.45) is 2.10. The maximum Gasteiger partial charge on any atom is 0.259 e. The Morgan fingerprint density at radius 1 is 1.47 bits per heavy atom. The summed E-state index contributed by atoms with van der Waals surface area (Å²) in [5.74, 6) is 0. The van der Waals surface area contributed by atoms with Crippen molar-refractivity contribution in [3.05, 3.63) is 17.8 Å². The van der Waals surface area contributed by atoms with Gasteiger partial charge < -0.3 is 5.32 Å². The van der Waals surface area contributed by atoms with Crippen molar-refractivity contribution in [1.82, 2.24) is 20.2 Å². The van der Waals surface area contributed by atoms with E-state index in [1.54, 1.807) is 13.0 Å². The third-order valence-corrected chi connectivity index (χ3v) is 4.05. The molecule has 0 amide bonds. The van der Waals surface area contributed by atoms with Crippen LogP contribution in [0, 0.1) is 6.92 Å². The molecule has 6 nitrogen and oxygen atoms in total. The number of rotatable bonds is 4. The zero-order valence-electron chi connectivity index (χ0n) is 9.68. The Bertz CT molecular complexity index is 466. The molecule has 2 N–H and O–H groups in total. The fourth-order valence-corrected chi connectivity index (χ4v) is 2.71. The van der Waals surface area contributed by atoms with Gasteiger partial charge in [0.2, 0.25) is 0 Å². The molecule has 0 radical (unpaired) electrons. The first-order valence-corrected chi connectivity index (χ1v) is 7.09. The molecule has 0 spiro atoms. The standard InChI is InChI=1S/C10H16N4O2S/c1-8-4-5-10(14-13-8)17(15,16)12-7-9-3-2-6-11-9/h4-5,9,11-12H,2-3,6-7H2,1H3. The highest BCUT2D eigenvalue weighted by molar-refractivity contribution is 7.89. The molecule has 1 atom stereocenters. The molecule has 1 aliphatic heterocycles. The zero-order chi connectivity index (χ0) is 12.3. The quantitative estimate of drug-likeness (QED) is 0.780. The van der Waals surface area contributed by atoms with Crippen LogP contribution in [0.25, 0.3) is 0 Å². The first-order valence-electron chi connectivity index (χ1n) is 5.61. The lowest BCUT2D eigenvalue weighted by atomic mass is 10.2. The molecule has 2 rings (SSSR count). The third-order valence-electron chi connectivity index (χ3n) is 2.73. The molecule has 94 valence electrons. The van der Waals surface area contributed by atoms with Crippen LogP contribution in [-0.4, -0.2) is 37.7 Å². The molecule has 1 unspecified atom stereocenters. The van der Waals surface area contributed by atoms with Crippen molar-refractivity contribution in [3.63, 3.8) is 0 Å². The minimum atomic E-state index is -3.53. The molecule has 1 aromatic rings. The van der Waals surface area contributed by atoms with Crippen molar-refractivity contribution in [2.75, 3.05) is 13.1 Å². The summed E-state index contributed by atoms with van der Waals surface area (Å²) >= 11 is 0. The number of aryl methyl sites for hydroxylation is 1. The van der Waals surface area contributed by atoms with Gasteiger partial charge in [0, 0.05) is 12.6 Å². The van der Waals surface area contributed by atoms with Gasteiger partial charge in [0.15, 0.2) is 5.03 Å². The molecule has 0 aromatic carbocycles. The van der Waals surface area contributed by atoms with Crippen LogP contribution in [0.3, 0.4) is 0 Å². The summed E-state index contributed by atoms with van der Waals surface area (Å²) in [5, 5.41) is 10.6. The third kappa shape index (κ3) is 3.21. The summed E-state index contributed by atoms with van der Waals surface area (Å²) < 4.78 is 26.3. The van der Waals surface area contributed by atoms with E-state index in [0.29, 0.717) is 12.2 Å². The SMILES string of the molecule is Cc1ccc(S(=O)(=O)NCC2CCCN2)nn1. The van der Waals surface area contributed by atoms with E-state index >= 15 is 0 Å². The van der Waals surface area contributed by atoms with E-state index in [9.17, 15) is 8.42 Å². The summed E-state index contributed by atoms with van der Waals surface area (Å²) in [6, 6.07) is 3.32. The predicted octanol–water partition coefficient (Wildman–Crippen LogP) is -0.185. The average molecular weight is 256 g/mol. The zero-order valence-corrected chi connectivity index (χ0v) is 10.5. The lowest BCUT2D eigenvalue weighted by Gasteiger charge is -2.11.